The summed E-state index contributed by atoms with van der Waals surface area (Å²) in [6.07, 6.45) is 1.32. The highest BCUT2D eigenvalue weighted by atomic mass is 79.9. The third-order valence-corrected chi connectivity index (χ3v) is 4.68. The summed E-state index contributed by atoms with van der Waals surface area (Å²) < 4.78 is 2.28. The second-order valence-corrected chi connectivity index (χ2v) is 6.14. The highest BCUT2D eigenvalue weighted by molar-refractivity contribution is 9.10. The first-order valence-corrected chi connectivity index (χ1v) is 7.14. The lowest BCUT2D eigenvalue weighted by atomic mass is 10.1. The van der Waals surface area contributed by atoms with E-state index in [0.717, 1.165) is 10.0 Å². The van der Waals surface area contributed by atoms with E-state index in [0.29, 0.717) is 23.7 Å². The fourth-order valence-corrected chi connectivity index (χ4v) is 2.53. The molecule has 104 valence electrons. The van der Waals surface area contributed by atoms with Crippen LogP contribution in [0.25, 0.3) is 11.4 Å². The van der Waals surface area contributed by atoms with Gasteiger partial charge in [0, 0.05) is 10.0 Å². The van der Waals surface area contributed by atoms with Crippen LogP contribution in [0.4, 0.5) is 0 Å². The van der Waals surface area contributed by atoms with E-state index in [9.17, 15) is 9.90 Å². The minimum absolute atomic E-state index is 0.283. The Bertz CT molecular complexity index is 684. The van der Waals surface area contributed by atoms with Crippen molar-refractivity contribution in [1.82, 2.24) is 20.2 Å². The van der Waals surface area contributed by atoms with Crippen molar-refractivity contribution in [3.63, 3.8) is 0 Å². The minimum Gasteiger partial charge on any atom is -0.481 e. The zero-order chi connectivity index (χ0) is 14.3. The number of hydrogen-bond donors (Lipinski definition) is 1. The SMILES string of the molecule is O=C(O)C1(Cn2nnnc2-c2ccc(Cl)c(Br)c2)CC1. The lowest BCUT2D eigenvalue weighted by Crippen LogP contribution is -2.22. The maximum absolute atomic E-state index is 11.2. The molecule has 1 aliphatic carbocycles. The molecular formula is C12H10BrClN4O2. The number of aromatic nitrogens is 4. The van der Waals surface area contributed by atoms with Crippen LogP contribution in [0.5, 0.6) is 0 Å². The van der Waals surface area contributed by atoms with Crippen LogP contribution in [-0.2, 0) is 11.3 Å². The van der Waals surface area contributed by atoms with E-state index in [1.54, 1.807) is 12.1 Å². The molecule has 8 heteroatoms. The first kappa shape index (κ1) is 13.5. The third-order valence-electron chi connectivity index (χ3n) is 3.47. The molecule has 1 N–H and O–H groups in total. The van der Waals surface area contributed by atoms with Crippen LogP contribution in [0, 0.1) is 5.41 Å². The van der Waals surface area contributed by atoms with Crippen LogP contribution in [0.15, 0.2) is 22.7 Å². The topological polar surface area (TPSA) is 80.9 Å². The summed E-state index contributed by atoms with van der Waals surface area (Å²) in [5.41, 5.74) is 0.0702. The molecule has 0 bridgehead atoms. The van der Waals surface area contributed by atoms with Crippen molar-refractivity contribution in [3.8, 4) is 11.4 Å². The average Bonchev–Trinajstić information content (AvgIpc) is 3.05. The lowest BCUT2D eigenvalue weighted by molar-refractivity contribution is -0.144. The van der Waals surface area contributed by atoms with Crippen molar-refractivity contribution in [2.24, 2.45) is 5.41 Å². The summed E-state index contributed by atoms with van der Waals surface area (Å²) in [5.74, 6) is -0.258. The second kappa shape index (κ2) is 4.82. The number of carbonyl (C=O) groups is 1. The van der Waals surface area contributed by atoms with Crippen molar-refractivity contribution in [1.29, 1.82) is 0 Å². The molecule has 1 fully saturated rings. The van der Waals surface area contributed by atoms with Crippen molar-refractivity contribution in [2.75, 3.05) is 0 Å². The molecule has 1 aliphatic rings. The minimum atomic E-state index is -0.795. The van der Waals surface area contributed by atoms with Gasteiger partial charge in [-0.15, -0.1) is 5.10 Å². The summed E-state index contributed by atoms with van der Waals surface area (Å²) >= 11 is 9.31. The molecule has 0 radical (unpaired) electrons. The smallest absolute Gasteiger partial charge is 0.311 e. The molecule has 0 aliphatic heterocycles. The number of aliphatic carboxylic acids is 1. The van der Waals surface area contributed by atoms with Crippen LogP contribution in [0.3, 0.4) is 0 Å². The summed E-state index contributed by atoms with van der Waals surface area (Å²) in [5, 5.41) is 21.3. The lowest BCUT2D eigenvalue weighted by Gasteiger charge is -2.11. The van der Waals surface area contributed by atoms with Gasteiger partial charge in [-0.2, -0.15) is 0 Å². The van der Waals surface area contributed by atoms with E-state index < -0.39 is 11.4 Å². The Balaban J connectivity index is 1.94. The number of benzene rings is 1. The van der Waals surface area contributed by atoms with Gasteiger partial charge in [0.2, 0.25) is 0 Å². The zero-order valence-electron chi connectivity index (χ0n) is 10.3. The molecule has 1 saturated carbocycles. The number of halogens is 2. The van der Waals surface area contributed by atoms with Gasteiger partial charge in [0.1, 0.15) is 0 Å². The molecule has 1 aromatic carbocycles. The normalized spacial score (nSPS) is 16.1. The van der Waals surface area contributed by atoms with E-state index in [4.69, 9.17) is 11.6 Å². The number of carboxylic acid groups (broad SMARTS) is 1. The first-order chi connectivity index (χ1) is 9.52. The number of nitrogens with zero attached hydrogens (tertiary/aromatic N) is 4. The van der Waals surface area contributed by atoms with Crippen molar-refractivity contribution >= 4 is 33.5 Å². The summed E-state index contributed by atoms with van der Waals surface area (Å²) in [6, 6.07) is 5.35. The van der Waals surface area contributed by atoms with Crippen LogP contribution in [-0.4, -0.2) is 31.3 Å². The fourth-order valence-electron chi connectivity index (χ4n) is 2.03. The van der Waals surface area contributed by atoms with Crippen molar-refractivity contribution in [3.05, 3.63) is 27.7 Å². The van der Waals surface area contributed by atoms with Crippen LogP contribution in [0.1, 0.15) is 12.8 Å². The van der Waals surface area contributed by atoms with E-state index >= 15 is 0 Å². The Morgan fingerprint density at radius 2 is 2.25 bits per heavy atom. The van der Waals surface area contributed by atoms with E-state index in [-0.39, 0.29) is 6.54 Å². The summed E-state index contributed by atoms with van der Waals surface area (Å²) in [4.78, 5) is 11.2. The van der Waals surface area contributed by atoms with Gasteiger partial charge in [0.25, 0.3) is 0 Å². The molecule has 0 saturated heterocycles. The zero-order valence-corrected chi connectivity index (χ0v) is 12.6. The molecule has 6 nitrogen and oxygen atoms in total. The molecule has 0 amide bonds. The number of carboxylic acids is 1. The molecule has 2 aromatic rings. The predicted octanol–water partition coefficient (Wildman–Crippen LogP) is 2.62. The van der Waals surface area contributed by atoms with Crippen LogP contribution >= 0.6 is 27.5 Å². The molecular weight excluding hydrogens is 348 g/mol. The maximum atomic E-state index is 11.2. The van der Waals surface area contributed by atoms with Crippen molar-refractivity contribution < 1.29 is 9.90 Å². The Morgan fingerprint density at radius 1 is 1.50 bits per heavy atom. The standard InChI is InChI=1S/C12H10BrClN4O2/c13-8-5-7(1-2-9(8)14)10-15-16-17-18(10)6-12(3-4-12)11(19)20/h1-2,5H,3-4,6H2,(H,19,20). The molecule has 3 rings (SSSR count). The van der Waals surface area contributed by atoms with Gasteiger partial charge in [0.05, 0.1) is 17.0 Å². The Labute approximate surface area is 127 Å². The average molecular weight is 358 g/mol. The van der Waals surface area contributed by atoms with Gasteiger partial charge in [-0.05, 0) is 57.4 Å². The van der Waals surface area contributed by atoms with Gasteiger partial charge in [-0.3, -0.25) is 4.79 Å². The van der Waals surface area contributed by atoms with E-state index in [2.05, 4.69) is 31.5 Å². The molecule has 0 unspecified atom stereocenters. The largest absolute Gasteiger partial charge is 0.481 e. The Hall–Kier alpha value is -1.47. The van der Waals surface area contributed by atoms with Gasteiger partial charge in [-0.1, -0.05) is 11.6 Å². The third kappa shape index (κ3) is 2.31. The fraction of sp³-hybridized carbons (Fsp3) is 0.333. The van der Waals surface area contributed by atoms with Gasteiger partial charge in [-0.25, -0.2) is 4.68 Å². The molecule has 0 spiro atoms. The Kier molecular flexibility index (Phi) is 3.25. The van der Waals surface area contributed by atoms with Gasteiger partial charge < -0.3 is 5.11 Å². The highest BCUT2D eigenvalue weighted by Gasteiger charge is 2.51. The molecule has 0 atom stereocenters. The predicted molar refractivity (Wildman–Crippen MR) is 75.3 cm³/mol. The van der Waals surface area contributed by atoms with Gasteiger partial charge in [0.15, 0.2) is 5.82 Å². The number of tetrazole rings is 1. The maximum Gasteiger partial charge on any atom is 0.311 e. The van der Waals surface area contributed by atoms with Crippen molar-refractivity contribution in [2.45, 2.75) is 19.4 Å². The highest BCUT2D eigenvalue weighted by Crippen LogP contribution is 2.47. The Morgan fingerprint density at radius 3 is 2.85 bits per heavy atom. The molecule has 1 aromatic heterocycles. The van der Waals surface area contributed by atoms with Crippen LogP contribution < -0.4 is 0 Å². The molecule has 1 heterocycles. The quantitative estimate of drug-likeness (QED) is 0.909. The summed E-state index contributed by atoms with van der Waals surface area (Å²) in [7, 11) is 0. The molecule has 20 heavy (non-hydrogen) atoms. The van der Waals surface area contributed by atoms with Gasteiger partial charge >= 0.3 is 5.97 Å². The van der Waals surface area contributed by atoms with E-state index in [1.807, 2.05) is 6.07 Å². The van der Waals surface area contributed by atoms with E-state index in [1.165, 1.54) is 4.68 Å². The monoisotopic (exact) mass is 356 g/mol. The second-order valence-electron chi connectivity index (χ2n) is 4.87. The first-order valence-electron chi connectivity index (χ1n) is 5.97. The number of hydrogen-bond acceptors (Lipinski definition) is 4. The summed E-state index contributed by atoms with van der Waals surface area (Å²) in [6.45, 7) is 0.283. The van der Waals surface area contributed by atoms with Crippen LogP contribution in [0.2, 0.25) is 5.02 Å². The number of rotatable bonds is 4.